The molecule has 0 radical (unpaired) electrons. The Bertz CT molecular complexity index is 1870. The van der Waals surface area contributed by atoms with E-state index in [0.29, 0.717) is 44.7 Å². The Balaban J connectivity index is 1.36. The van der Waals surface area contributed by atoms with E-state index in [0.717, 1.165) is 12.0 Å². The van der Waals surface area contributed by atoms with Crippen LogP contribution in [0.1, 0.15) is 58.9 Å². The summed E-state index contributed by atoms with van der Waals surface area (Å²) in [6.45, 7) is 6.83. The van der Waals surface area contributed by atoms with Gasteiger partial charge in [-0.1, -0.05) is 13.0 Å². The van der Waals surface area contributed by atoms with E-state index in [4.69, 9.17) is 4.74 Å². The predicted molar refractivity (Wildman–Crippen MR) is 164 cm³/mol. The van der Waals surface area contributed by atoms with Gasteiger partial charge < -0.3 is 15.0 Å². The summed E-state index contributed by atoms with van der Waals surface area (Å²) in [6.07, 6.45) is 4.50. The topological polar surface area (TPSA) is 149 Å². The molecule has 0 bridgehead atoms. The highest BCUT2D eigenvalue weighted by Gasteiger charge is 2.64. The Morgan fingerprint density at radius 3 is 2.52 bits per heavy atom. The lowest BCUT2D eigenvalue weighted by molar-refractivity contribution is -0.138. The Morgan fingerprint density at radius 2 is 1.84 bits per heavy atom. The normalized spacial score (nSPS) is 20.4. The van der Waals surface area contributed by atoms with Gasteiger partial charge in [-0.15, -0.1) is 0 Å². The molecule has 12 nitrogen and oxygen atoms in total. The van der Waals surface area contributed by atoms with E-state index in [2.05, 4.69) is 48.2 Å². The first kappa shape index (κ1) is 29.5. The van der Waals surface area contributed by atoms with Crippen LogP contribution in [0.5, 0.6) is 0 Å². The second-order valence-corrected chi connectivity index (χ2v) is 12.5. The van der Waals surface area contributed by atoms with Gasteiger partial charge in [0.15, 0.2) is 5.78 Å². The van der Waals surface area contributed by atoms with Crippen LogP contribution in [-0.2, 0) is 20.9 Å². The Kier molecular flexibility index (Phi) is 7.31. The third-order valence-electron chi connectivity index (χ3n) is 8.54. The number of halogens is 1. The summed E-state index contributed by atoms with van der Waals surface area (Å²) in [7, 11) is 1.28. The number of piperidine rings is 1. The molecule has 4 aromatic rings. The van der Waals surface area contributed by atoms with E-state index in [1.54, 1.807) is 42.4 Å². The van der Waals surface area contributed by atoms with Crippen LogP contribution in [0.3, 0.4) is 0 Å². The third-order valence-corrected chi connectivity index (χ3v) is 8.98. The highest BCUT2D eigenvalue weighted by atomic mass is 79.9. The van der Waals surface area contributed by atoms with Gasteiger partial charge in [0, 0.05) is 41.9 Å². The van der Waals surface area contributed by atoms with E-state index < -0.39 is 12.0 Å². The third kappa shape index (κ3) is 5.14. The van der Waals surface area contributed by atoms with Gasteiger partial charge in [0.05, 0.1) is 18.2 Å². The fraction of sp³-hybridized carbons (Fsp3) is 0.355. The Labute approximate surface area is 261 Å². The van der Waals surface area contributed by atoms with Crippen LogP contribution in [0.25, 0.3) is 22.0 Å². The molecule has 2 aliphatic rings. The average molecular weight is 661 g/mol. The van der Waals surface area contributed by atoms with E-state index in [1.807, 2.05) is 13.0 Å². The molecule has 0 spiro atoms. The van der Waals surface area contributed by atoms with Crippen LogP contribution in [0.4, 0.5) is 5.82 Å². The molecule has 226 valence electrons. The molecule has 2 fully saturated rings. The number of pyridine rings is 1. The van der Waals surface area contributed by atoms with Crippen molar-refractivity contribution in [3.8, 4) is 11.1 Å². The van der Waals surface area contributed by atoms with E-state index >= 15 is 0 Å². The molecule has 1 N–H and O–H groups in total. The van der Waals surface area contributed by atoms with Crippen molar-refractivity contribution in [2.24, 2.45) is 5.41 Å². The number of fused-ring (bicyclic) bond motifs is 2. The second kappa shape index (κ2) is 10.9. The van der Waals surface area contributed by atoms with Crippen molar-refractivity contribution in [3.63, 3.8) is 0 Å². The van der Waals surface area contributed by atoms with Gasteiger partial charge >= 0.3 is 5.97 Å². The maximum Gasteiger partial charge on any atom is 0.338 e. The zero-order chi connectivity index (χ0) is 31.5. The highest BCUT2D eigenvalue weighted by Crippen LogP contribution is 2.59. The standard InChI is InChI=1S/C31H30BrN7O5/c1-15-6-7-25(32)35-28(15)36-29(42)23-10-31(4)11-24(31)39(23)26(41)14-38-22-9-20(30(43)44-5)19(18-12-33-17(3)34-13-18)8-21(22)27(37-38)16(2)40/h6-9,12-13,23-24H,10-11,14H2,1-5H3,(H,35,36,42)/t23-,24+,31-/m0/s1. The minimum Gasteiger partial charge on any atom is -0.465 e. The molecule has 3 aromatic heterocycles. The zero-order valence-corrected chi connectivity index (χ0v) is 26.4. The minimum absolute atomic E-state index is 0.0878. The van der Waals surface area contributed by atoms with Gasteiger partial charge in [-0.2, -0.15) is 5.10 Å². The van der Waals surface area contributed by atoms with Gasteiger partial charge in [0.25, 0.3) is 0 Å². The molecule has 1 saturated heterocycles. The van der Waals surface area contributed by atoms with Crippen molar-refractivity contribution in [2.75, 3.05) is 12.4 Å². The molecule has 0 unspecified atom stereocenters. The fourth-order valence-electron chi connectivity index (χ4n) is 6.05. The smallest absolute Gasteiger partial charge is 0.338 e. The number of likely N-dealkylation sites (tertiary alicyclic amines) is 1. The first-order valence-corrected chi connectivity index (χ1v) is 14.9. The quantitative estimate of drug-likeness (QED) is 0.174. The number of aryl methyl sites for hydroxylation is 2. The first-order chi connectivity index (χ1) is 20.9. The summed E-state index contributed by atoms with van der Waals surface area (Å²) in [6, 6.07) is 6.10. The van der Waals surface area contributed by atoms with E-state index in [1.165, 1.54) is 18.7 Å². The number of Topliss-reactive ketones (excluding diaryl/α,β-unsaturated/α-hetero) is 1. The number of aromatic nitrogens is 5. The van der Waals surface area contributed by atoms with Crippen molar-refractivity contribution in [2.45, 2.75) is 59.2 Å². The summed E-state index contributed by atoms with van der Waals surface area (Å²) < 4.78 is 7.07. The lowest BCUT2D eigenvalue weighted by atomic mass is 9.98. The zero-order valence-electron chi connectivity index (χ0n) is 24.8. The number of nitrogens with zero attached hydrogens (tertiary/aromatic N) is 6. The molecule has 3 atom stereocenters. The monoisotopic (exact) mass is 659 g/mol. The number of hydrogen-bond acceptors (Lipinski definition) is 9. The number of carbonyl (C=O) groups excluding carboxylic acids is 4. The molecule has 4 heterocycles. The van der Waals surface area contributed by atoms with Crippen LogP contribution < -0.4 is 5.32 Å². The van der Waals surface area contributed by atoms with Crippen molar-refractivity contribution < 1.29 is 23.9 Å². The van der Waals surface area contributed by atoms with Crippen molar-refractivity contribution in [3.05, 3.63) is 63.9 Å². The maximum absolute atomic E-state index is 14.0. The van der Waals surface area contributed by atoms with Crippen LogP contribution in [0.15, 0.2) is 41.3 Å². The number of ether oxygens (including phenoxy) is 1. The van der Waals surface area contributed by atoms with E-state index in [9.17, 15) is 19.2 Å². The van der Waals surface area contributed by atoms with Gasteiger partial charge in [0.2, 0.25) is 11.8 Å². The Morgan fingerprint density at radius 1 is 1.11 bits per heavy atom. The second-order valence-electron chi connectivity index (χ2n) is 11.7. The fourth-order valence-corrected chi connectivity index (χ4v) is 6.36. The molecule has 13 heteroatoms. The van der Waals surface area contributed by atoms with Crippen molar-refractivity contribution in [1.29, 1.82) is 0 Å². The number of amides is 2. The van der Waals surface area contributed by atoms with Crippen LogP contribution in [0, 0.1) is 19.3 Å². The maximum atomic E-state index is 14.0. The van der Waals surface area contributed by atoms with Gasteiger partial charge in [0.1, 0.15) is 34.5 Å². The summed E-state index contributed by atoms with van der Waals surface area (Å²) >= 11 is 3.34. The number of esters is 1. The molecule has 1 saturated carbocycles. The molecule has 44 heavy (non-hydrogen) atoms. The number of nitrogens with one attached hydrogen (secondary N) is 1. The summed E-state index contributed by atoms with van der Waals surface area (Å²) in [5.74, 6) is -0.542. The first-order valence-electron chi connectivity index (χ1n) is 14.1. The van der Waals surface area contributed by atoms with Crippen molar-refractivity contribution >= 4 is 56.2 Å². The largest absolute Gasteiger partial charge is 0.465 e. The van der Waals surface area contributed by atoms with Gasteiger partial charge in [-0.05, 0) is 71.8 Å². The average Bonchev–Trinajstić information content (AvgIpc) is 3.36. The van der Waals surface area contributed by atoms with Gasteiger partial charge in [-0.3, -0.25) is 19.1 Å². The van der Waals surface area contributed by atoms with E-state index in [-0.39, 0.29) is 46.9 Å². The number of methoxy groups -OCH3 is 1. The number of hydrogen-bond donors (Lipinski definition) is 1. The molecule has 2 amide bonds. The summed E-state index contributed by atoms with van der Waals surface area (Å²) in [4.78, 5) is 67.6. The number of ketones is 1. The van der Waals surface area contributed by atoms with Gasteiger partial charge in [-0.25, -0.2) is 19.7 Å². The summed E-state index contributed by atoms with van der Waals surface area (Å²) in [5, 5.41) is 7.88. The van der Waals surface area contributed by atoms with Crippen LogP contribution in [0.2, 0.25) is 0 Å². The van der Waals surface area contributed by atoms with Crippen LogP contribution >= 0.6 is 15.9 Å². The molecule has 1 aliphatic carbocycles. The number of carbonyl (C=O) groups is 4. The lowest BCUT2D eigenvalue weighted by Crippen LogP contribution is -2.47. The SMILES string of the molecule is COC(=O)c1cc2c(cc1-c1cnc(C)nc1)c(C(C)=O)nn2CC(=O)N1[C@H](C(=O)Nc2nc(Br)ccc2C)C[C@@]2(C)C[C@@H]12. The number of benzene rings is 1. The molecular weight excluding hydrogens is 630 g/mol. The van der Waals surface area contributed by atoms with Crippen molar-refractivity contribution in [1.82, 2.24) is 29.6 Å². The molecule has 1 aliphatic heterocycles. The highest BCUT2D eigenvalue weighted by molar-refractivity contribution is 9.10. The molecular formula is C31H30BrN7O5. The lowest BCUT2D eigenvalue weighted by Gasteiger charge is -2.27. The Hall–Kier alpha value is -4.52. The summed E-state index contributed by atoms with van der Waals surface area (Å²) in [5.41, 5.74) is 2.45. The molecule has 6 rings (SSSR count). The molecule has 1 aromatic carbocycles. The number of rotatable bonds is 7. The van der Waals surface area contributed by atoms with Crippen LogP contribution in [-0.4, -0.2) is 72.4 Å². The minimum atomic E-state index is -0.695. The number of anilines is 1. The predicted octanol–water partition coefficient (Wildman–Crippen LogP) is 4.28.